The zero-order valence-electron chi connectivity index (χ0n) is 9.80. The number of hydrogen-bond donors (Lipinski definition) is 0. The minimum absolute atomic E-state index is 0.727. The van der Waals surface area contributed by atoms with Crippen LogP contribution in [0.1, 0.15) is 35.4 Å². The van der Waals surface area contributed by atoms with Crippen LogP contribution in [-0.4, -0.2) is 25.0 Å². The average molecular weight is 236 g/mol. The van der Waals surface area contributed by atoms with E-state index in [-0.39, 0.29) is 0 Å². The van der Waals surface area contributed by atoms with Gasteiger partial charge in [-0.3, -0.25) is 0 Å². The first kappa shape index (κ1) is 10.6. The first-order valence-corrected chi connectivity index (χ1v) is 6.62. The molecule has 0 bridgehead atoms. The first-order valence-electron chi connectivity index (χ1n) is 6.24. The third kappa shape index (κ3) is 1.66. The predicted molar refractivity (Wildman–Crippen MR) is 68.3 cm³/mol. The van der Waals surface area contributed by atoms with E-state index in [1.165, 1.54) is 44.3 Å². The topological polar surface area (TPSA) is 3.24 Å². The van der Waals surface area contributed by atoms with Crippen molar-refractivity contribution in [3.05, 3.63) is 33.8 Å². The molecule has 2 aliphatic rings. The van der Waals surface area contributed by atoms with Crippen LogP contribution in [0.3, 0.4) is 0 Å². The first-order chi connectivity index (χ1) is 7.75. The van der Waals surface area contributed by atoms with Crippen LogP contribution in [0.4, 0.5) is 0 Å². The van der Waals surface area contributed by atoms with Crippen LogP contribution >= 0.6 is 11.6 Å². The molecule has 3 rings (SSSR count). The maximum absolute atomic E-state index is 6.34. The zero-order chi connectivity index (χ0) is 11.1. The van der Waals surface area contributed by atoms with Gasteiger partial charge < -0.3 is 4.90 Å². The van der Waals surface area contributed by atoms with Gasteiger partial charge in [-0.2, -0.15) is 0 Å². The molecule has 16 heavy (non-hydrogen) atoms. The maximum Gasteiger partial charge on any atom is 0.0441 e. The molecule has 1 nitrogen and oxygen atoms in total. The Balaban J connectivity index is 2.14. The largest absolute Gasteiger partial charge is 0.305 e. The van der Waals surface area contributed by atoms with E-state index in [2.05, 4.69) is 24.1 Å². The van der Waals surface area contributed by atoms with Crippen molar-refractivity contribution >= 4 is 11.6 Å². The molecule has 1 aromatic carbocycles. The molecule has 0 N–H and O–H groups in total. The molecule has 0 radical (unpaired) electrons. The third-order valence-corrected chi connectivity index (χ3v) is 4.43. The second-order valence-corrected chi connectivity index (χ2v) is 5.61. The summed E-state index contributed by atoms with van der Waals surface area (Å²) < 4.78 is 0. The van der Waals surface area contributed by atoms with Crippen molar-refractivity contribution in [2.45, 2.75) is 31.6 Å². The van der Waals surface area contributed by atoms with Gasteiger partial charge >= 0.3 is 0 Å². The van der Waals surface area contributed by atoms with Gasteiger partial charge in [0, 0.05) is 18.1 Å². The smallest absolute Gasteiger partial charge is 0.0441 e. The van der Waals surface area contributed by atoms with E-state index in [0.29, 0.717) is 0 Å². The van der Waals surface area contributed by atoms with Crippen molar-refractivity contribution in [1.82, 2.24) is 4.90 Å². The highest BCUT2D eigenvalue weighted by atomic mass is 35.5. The van der Waals surface area contributed by atoms with Crippen LogP contribution in [0.5, 0.6) is 0 Å². The van der Waals surface area contributed by atoms with Gasteiger partial charge in [0.1, 0.15) is 0 Å². The van der Waals surface area contributed by atoms with E-state index in [9.17, 15) is 0 Å². The van der Waals surface area contributed by atoms with Crippen LogP contribution in [0.2, 0.25) is 5.02 Å². The average Bonchev–Trinajstić information content (AvgIpc) is 2.44. The molecule has 0 fully saturated rings. The monoisotopic (exact) mass is 235 g/mol. The molecule has 0 unspecified atom stereocenters. The van der Waals surface area contributed by atoms with Gasteiger partial charge in [0.2, 0.25) is 0 Å². The molecule has 0 amide bonds. The minimum Gasteiger partial charge on any atom is -0.305 e. The van der Waals surface area contributed by atoms with Gasteiger partial charge in [-0.25, -0.2) is 0 Å². The molecule has 0 spiro atoms. The molecule has 0 saturated heterocycles. The fraction of sp³-hybridized carbons (Fsp3) is 0.571. The molecular formula is C14H18ClN. The summed E-state index contributed by atoms with van der Waals surface area (Å²) in [5, 5.41) is 0.994. The Hall–Kier alpha value is -0.530. The summed E-state index contributed by atoms with van der Waals surface area (Å²) in [5.41, 5.74) is 4.60. The molecule has 2 heteroatoms. The van der Waals surface area contributed by atoms with Crippen LogP contribution < -0.4 is 0 Å². The van der Waals surface area contributed by atoms with Crippen LogP contribution in [-0.2, 0) is 12.8 Å². The van der Waals surface area contributed by atoms with Gasteiger partial charge in [-0.05, 0) is 61.4 Å². The SMILES string of the molecule is CN1CCc2ccc(Cl)c3c2[C@H](CCC3)C1. The Labute approximate surface area is 102 Å². The summed E-state index contributed by atoms with van der Waals surface area (Å²) in [5.74, 6) is 0.727. The summed E-state index contributed by atoms with van der Waals surface area (Å²) in [4.78, 5) is 2.47. The van der Waals surface area contributed by atoms with Gasteiger partial charge in [-0.1, -0.05) is 17.7 Å². The quantitative estimate of drug-likeness (QED) is 0.667. The standard InChI is InChI=1S/C14H18ClN/c1-16-8-7-10-5-6-13(15)12-4-2-3-11(9-16)14(10)12/h5-6,11H,2-4,7-9H2,1H3/t11-/m1/s1. The molecule has 1 atom stereocenters. The number of halogens is 1. The highest BCUT2D eigenvalue weighted by molar-refractivity contribution is 6.31. The normalized spacial score (nSPS) is 25.0. The van der Waals surface area contributed by atoms with Crippen molar-refractivity contribution in [3.63, 3.8) is 0 Å². The number of likely N-dealkylation sites (N-methyl/N-ethyl adjacent to an activating group) is 1. The van der Waals surface area contributed by atoms with E-state index in [0.717, 1.165) is 10.9 Å². The minimum atomic E-state index is 0.727. The summed E-state index contributed by atoms with van der Waals surface area (Å²) in [6, 6.07) is 4.35. The summed E-state index contributed by atoms with van der Waals surface area (Å²) in [6.07, 6.45) is 5.01. The van der Waals surface area contributed by atoms with Crippen molar-refractivity contribution < 1.29 is 0 Å². The second kappa shape index (κ2) is 4.05. The molecule has 86 valence electrons. The number of rotatable bonds is 0. The lowest BCUT2D eigenvalue weighted by atomic mass is 9.80. The summed E-state index contributed by atoms with van der Waals surface area (Å²) >= 11 is 6.34. The molecule has 1 heterocycles. The van der Waals surface area contributed by atoms with Crippen LogP contribution in [0.15, 0.2) is 12.1 Å². The zero-order valence-corrected chi connectivity index (χ0v) is 10.6. The fourth-order valence-electron chi connectivity index (χ4n) is 3.30. The highest BCUT2D eigenvalue weighted by Crippen LogP contribution is 2.39. The lowest BCUT2D eigenvalue weighted by Gasteiger charge is -2.28. The Kier molecular flexibility index (Phi) is 2.68. The van der Waals surface area contributed by atoms with E-state index < -0.39 is 0 Å². The highest BCUT2D eigenvalue weighted by Gasteiger charge is 2.27. The lowest BCUT2D eigenvalue weighted by molar-refractivity contribution is 0.313. The molecule has 0 saturated carbocycles. The van der Waals surface area contributed by atoms with Crippen LogP contribution in [0.25, 0.3) is 0 Å². The maximum atomic E-state index is 6.34. The lowest BCUT2D eigenvalue weighted by Crippen LogP contribution is -2.25. The molecule has 1 aliphatic carbocycles. The summed E-state index contributed by atoms with van der Waals surface area (Å²) in [6.45, 7) is 2.39. The molecule has 1 aliphatic heterocycles. The number of benzene rings is 1. The number of hydrogen-bond acceptors (Lipinski definition) is 1. The van der Waals surface area contributed by atoms with Gasteiger partial charge in [0.25, 0.3) is 0 Å². The van der Waals surface area contributed by atoms with Crippen molar-refractivity contribution in [1.29, 1.82) is 0 Å². The van der Waals surface area contributed by atoms with Crippen LogP contribution in [0, 0.1) is 0 Å². The van der Waals surface area contributed by atoms with E-state index in [4.69, 9.17) is 11.6 Å². The fourth-order valence-corrected chi connectivity index (χ4v) is 3.56. The molecular weight excluding hydrogens is 218 g/mol. The predicted octanol–water partition coefficient (Wildman–Crippen LogP) is 3.25. The van der Waals surface area contributed by atoms with Gasteiger partial charge in [0.15, 0.2) is 0 Å². The van der Waals surface area contributed by atoms with Crippen molar-refractivity contribution in [3.8, 4) is 0 Å². The van der Waals surface area contributed by atoms with E-state index in [1.54, 1.807) is 11.1 Å². The van der Waals surface area contributed by atoms with E-state index >= 15 is 0 Å². The molecule has 1 aromatic rings. The second-order valence-electron chi connectivity index (χ2n) is 5.20. The van der Waals surface area contributed by atoms with Crippen molar-refractivity contribution in [2.24, 2.45) is 0 Å². The van der Waals surface area contributed by atoms with Gasteiger partial charge in [0.05, 0.1) is 0 Å². The Morgan fingerprint density at radius 2 is 2.19 bits per heavy atom. The Morgan fingerprint density at radius 3 is 3.06 bits per heavy atom. The summed E-state index contributed by atoms with van der Waals surface area (Å²) in [7, 11) is 2.24. The molecule has 0 aromatic heterocycles. The van der Waals surface area contributed by atoms with Crippen molar-refractivity contribution in [2.75, 3.05) is 20.1 Å². The van der Waals surface area contributed by atoms with E-state index in [1.807, 2.05) is 0 Å². The Morgan fingerprint density at radius 1 is 1.31 bits per heavy atom. The third-order valence-electron chi connectivity index (χ3n) is 4.07. The van der Waals surface area contributed by atoms with Gasteiger partial charge in [-0.15, -0.1) is 0 Å². The Bertz CT molecular complexity index is 413. The number of nitrogens with zero attached hydrogens (tertiary/aromatic N) is 1.